The van der Waals surface area contributed by atoms with Crippen molar-refractivity contribution < 1.29 is 19.1 Å². The molecule has 58 heavy (non-hydrogen) atoms. The number of rotatable bonds is 5. The Kier molecular flexibility index (Phi) is 9.99. The first-order valence-electron chi connectivity index (χ1n) is 20.7. The summed E-state index contributed by atoms with van der Waals surface area (Å²) in [6.07, 6.45) is 4.93. The fraction of sp³-hybridized carbons (Fsp3) is 0.477. The molecule has 2 saturated heterocycles. The van der Waals surface area contributed by atoms with Gasteiger partial charge in [-0.15, -0.1) is 0 Å². The number of carbonyl (C=O) groups is 3. The van der Waals surface area contributed by atoms with Crippen molar-refractivity contribution in [1.29, 1.82) is 0 Å². The van der Waals surface area contributed by atoms with Crippen LogP contribution in [0.2, 0.25) is 0 Å². The number of anilines is 2. The summed E-state index contributed by atoms with van der Waals surface area (Å²) >= 11 is 0. The number of benzene rings is 1. The molecule has 3 aliphatic heterocycles. The minimum absolute atomic E-state index is 0.209. The molecular formula is C44H52N10O4. The lowest BCUT2D eigenvalue weighted by molar-refractivity contribution is -0.134. The highest BCUT2D eigenvalue weighted by atomic mass is 16.5. The lowest BCUT2D eigenvalue weighted by atomic mass is 9.92. The second-order valence-corrected chi connectivity index (χ2v) is 16.8. The topological polar surface area (TPSA) is 152 Å². The van der Waals surface area contributed by atoms with Crippen LogP contribution in [-0.4, -0.2) is 91.3 Å². The van der Waals surface area contributed by atoms with Gasteiger partial charge in [-0.3, -0.25) is 39.9 Å². The van der Waals surface area contributed by atoms with E-state index in [2.05, 4.69) is 55.2 Å². The minimum Gasteiger partial charge on any atom is -0.477 e. The second-order valence-electron chi connectivity index (χ2n) is 16.8. The Labute approximate surface area is 338 Å². The van der Waals surface area contributed by atoms with E-state index in [4.69, 9.17) is 19.7 Å². The summed E-state index contributed by atoms with van der Waals surface area (Å²) in [7, 11) is 1.90. The van der Waals surface area contributed by atoms with Crippen LogP contribution in [0.1, 0.15) is 82.3 Å². The highest BCUT2D eigenvalue weighted by Gasteiger charge is 2.31. The fourth-order valence-electron chi connectivity index (χ4n) is 9.66. The Morgan fingerprint density at radius 3 is 2.47 bits per heavy atom. The van der Waals surface area contributed by atoms with Gasteiger partial charge in [0.25, 0.3) is 5.91 Å². The molecular weight excluding hydrogens is 733 g/mol. The Morgan fingerprint density at radius 2 is 1.67 bits per heavy atom. The molecule has 302 valence electrons. The zero-order valence-electron chi connectivity index (χ0n) is 34.1. The quantitative estimate of drug-likeness (QED) is 0.222. The number of piperazine rings is 1. The molecule has 14 nitrogen and oxygen atoms in total. The van der Waals surface area contributed by atoms with E-state index >= 15 is 0 Å². The SMILES string of the molecule is Cc1cc2cc(n1)-c1c(C)nn(C)c1OC[C@H]1CC[C@H](C1)Cn1c(nc3ccc(N4CCN(CCc5c(C)cc(C6CCC(=O)NC6=O)nc5C)CC4)cc31)NC2=O. The molecule has 14 heteroatoms. The van der Waals surface area contributed by atoms with Gasteiger partial charge >= 0.3 is 0 Å². The Hall–Kier alpha value is -5.63. The maximum Gasteiger partial charge on any atom is 0.258 e. The summed E-state index contributed by atoms with van der Waals surface area (Å²) in [4.78, 5) is 57.8. The van der Waals surface area contributed by atoms with Gasteiger partial charge in [0.2, 0.25) is 23.6 Å². The number of aryl methyl sites for hydroxylation is 5. The van der Waals surface area contributed by atoms with Crippen LogP contribution in [0.4, 0.5) is 11.6 Å². The lowest BCUT2D eigenvalue weighted by Gasteiger charge is -2.36. The van der Waals surface area contributed by atoms with E-state index in [1.54, 1.807) is 4.68 Å². The van der Waals surface area contributed by atoms with Crippen molar-refractivity contribution in [2.24, 2.45) is 18.9 Å². The summed E-state index contributed by atoms with van der Waals surface area (Å²) in [5.74, 6) is 1.04. The number of hydrogen-bond donors (Lipinski definition) is 2. The number of imidazole rings is 1. The number of hydrogen-bond acceptors (Lipinski definition) is 10. The molecule has 2 N–H and O–H groups in total. The minimum atomic E-state index is -0.374. The number of piperidine rings is 1. The summed E-state index contributed by atoms with van der Waals surface area (Å²) < 4.78 is 10.5. The predicted octanol–water partition coefficient (Wildman–Crippen LogP) is 5.41. The fourth-order valence-corrected chi connectivity index (χ4v) is 9.66. The molecule has 1 aromatic carbocycles. The molecule has 0 radical (unpaired) electrons. The normalized spacial score (nSPS) is 21.5. The van der Waals surface area contributed by atoms with Crippen LogP contribution >= 0.6 is 0 Å². The van der Waals surface area contributed by atoms with E-state index in [1.807, 2.05) is 46.0 Å². The van der Waals surface area contributed by atoms with Gasteiger partial charge in [0.1, 0.15) is 0 Å². The van der Waals surface area contributed by atoms with E-state index in [0.717, 1.165) is 116 Å². The summed E-state index contributed by atoms with van der Waals surface area (Å²) in [6.45, 7) is 14.0. The van der Waals surface area contributed by atoms with Gasteiger partial charge in [-0.1, -0.05) is 0 Å². The Bertz CT molecular complexity index is 2420. The molecule has 5 aromatic rings. The molecule has 3 fully saturated rings. The van der Waals surface area contributed by atoms with E-state index in [0.29, 0.717) is 54.4 Å². The number of imide groups is 1. The molecule has 1 saturated carbocycles. The monoisotopic (exact) mass is 784 g/mol. The van der Waals surface area contributed by atoms with Gasteiger partial charge in [-0.25, -0.2) is 9.67 Å². The van der Waals surface area contributed by atoms with Crippen LogP contribution in [0.5, 0.6) is 5.88 Å². The van der Waals surface area contributed by atoms with Gasteiger partial charge in [0, 0.05) is 75.4 Å². The molecule has 3 atom stereocenters. The van der Waals surface area contributed by atoms with Crippen LogP contribution in [0.3, 0.4) is 0 Å². The number of fused-ring (bicyclic) bond motifs is 9. The molecule has 7 heterocycles. The number of aromatic nitrogens is 6. The zero-order valence-corrected chi connectivity index (χ0v) is 34.1. The number of pyridine rings is 2. The molecule has 1 unspecified atom stereocenters. The number of amides is 3. The molecule has 4 aliphatic rings. The highest BCUT2D eigenvalue weighted by Crippen LogP contribution is 2.38. The average Bonchev–Trinajstić information content (AvgIpc) is 3.87. The summed E-state index contributed by atoms with van der Waals surface area (Å²) in [6, 6.07) is 12.2. The van der Waals surface area contributed by atoms with Gasteiger partial charge < -0.3 is 14.2 Å². The third kappa shape index (κ3) is 7.34. The number of nitrogens with one attached hydrogen (secondary N) is 2. The van der Waals surface area contributed by atoms with Crippen LogP contribution in [0, 0.1) is 39.5 Å². The average molecular weight is 785 g/mol. The van der Waals surface area contributed by atoms with Crippen molar-refractivity contribution in [2.45, 2.75) is 78.7 Å². The number of carbonyl (C=O) groups excluding carboxylic acids is 3. The Balaban J connectivity index is 0.920. The number of ether oxygens (including phenoxy) is 1. The Morgan fingerprint density at radius 1 is 0.862 bits per heavy atom. The van der Waals surface area contributed by atoms with Crippen molar-refractivity contribution >= 4 is 40.4 Å². The first kappa shape index (κ1) is 37.9. The van der Waals surface area contributed by atoms with Crippen molar-refractivity contribution in [3.8, 4) is 17.1 Å². The van der Waals surface area contributed by atoms with Crippen molar-refractivity contribution in [3.05, 3.63) is 75.9 Å². The third-order valence-corrected chi connectivity index (χ3v) is 12.7. The van der Waals surface area contributed by atoms with Crippen LogP contribution in [0.25, 0.3) is 22.3 Å². The highest BCUT2D eigenvalue weighted by molar-refractivity contribution is 6.05. The first-order chi connectivity index (χ1) is 28.0. The second kappa shape index (κ2) is 15.3. The van der Waals surface area contributed by atoms with E-state index in [1.165, 1.54) is 5.56 Å². The molecule has 1 aliphatic carbocycles. The standard InChI is InChI=1S/C44H52N10O4/c1-25-18-36(34-9-11-39(55)48-42(34)57)46-27(3)33(25)12-13-52-14-16-53(17-15-52)32-8-10-35-38(22-32)54-23-29-6-7-30(20-29)24-58-43-40(28(4)50-51(43)5)37-21-31(19-26(2)45-37)41(56)49-44(54)47-35/h8,10,18-19,21-22,29-30,34H,6-7,9,11-17,20,23-24H2,1-5H3,(H,47,49,56)(H,48,55,57)/t29-,30+,34?/m1/s1. The van der Waals surface area contributed by atoms with E-state index < -0.39 is 0 Å². The van der Waals surface area contributed by atoms with Crippen LogP contribution in [-0.2, 0) is 29.6 Å². The maximum absolute atomic E-state index is 14.0. The molecule has 4 bridgehead atoms. The van der Waals surface area contributed by atoms with E-state index in [-0.39, 0.29) is 23.6 Å². The summed E-state index contributed by atoms with van der Waals surface area (Å²) in [5, 5.41) is 10.3. The zero-order chi connectivity index (χ0) is 40.2. The van der Waals surface area contributed by atoms with Gasteiger partial charge in [-0.2, -0.15) is 5.10 Å². The van der Waals surface area contributed by atoms with Crippen LogP contribution < -0.4 is 20.3 Å². The van der Waals surface area contributed by atoms with Gasteiger partial charge in [-0.05, 0) is 119 Å². The van der Waals surface area contributed by atoms with E-state index in [9.17, 15) is 14.4 Å². The third-order valence-electron chi connectivity index (χ3n) is 12.7. The number of nitrogens with zero attached hydrogens (tertiary/aromatic N) is 8. The maximum atomic E-state index is 14.0. The van der Waals surface area contributed by atoms with Crippen molar-refractivity contribution in [2.75, 3.05) is 49.5 Å². The van der Waals surface area contributed by atoms with Crippen molar-refractivity contribution in [1.82, 2.24) is 39.5 Å². The predicted molar refractivity (Wildman–Crippen MR) is 221 cm³/mol. The molecule has 4 aromatic heterocycles. The van der Waals surface area contributed by atoms with Gasteiger partial charge in [0.05, 0.1) is 46.2 Å². The largest absolute Gasteiger partial charge is 0.477 e. The molecule has 9 rings (SSSR count). The summed E-state index contributed by atoms with van der Waals surface area (Å²) in [5.41, 5.74) is 10.7. The van der Waals surface area contributed by atoms with Crippen molar-refractivity contribution in [3.63, 3.8) is 0 Å². The van der Waals surface area contributed by atoms with Gasteiger partial charge in [0.15, 0.2) is 0 Å². The molecule has 0 spiro atoms. The first-order valence-corrected chi connectivity index (χ1v) is 20.7. The van der Waals surface area contributed by atoms with Crippen LogP contribution in [0.15, 0.2) is 36.4 Å². The smallest absolute Gasteiger partial charge is 0.258 e. The lowest BCUT2D eigenvalue weighted by Crippen LogP contribution is -2.47. The molecule has 3 amide bonds.